The molecule has 3 aromatic carbocycles. The monoisotopic (exact) mass is 517 g/mol. The molecule has 37 heavy (non-hydrogen) atoms. The first-order valence-electron chi connectivity index (χ1n) is 11.4. The highest BCUT2D eigenvalue weighted by Crippen LogP contribution is 2.34. The van der Waals surface area contributed by atoms with Gasteiger partial charge in [-0.25, -0.2) is 13.4 Å². The predicted octanol–water partition coefficient (Wildman–Crippen LogP) is 3.95. The van der Waals surface area contributed by atoms with E-state index >= 15 is 0 Å². The van der Waals surface area contributed by atoms with Crippen molar-refractivity contribution in [3.05, 3.63) is 84.1 Å². The maximum absolute atomic E-state index is 12.7. The number of para-hydroxylation sites is 2. The molecule has 188 valence electrons. The summed E-state index contributed by atoms with van der Waals surface area (Å²) in [6.45, 7) is 1.63. The van der Waals surface area contributed by atoms with Crippen LogP contribution in [0.3, 0.4) is 0 Å². The number of pyridine rings is 1. The molecule has 5 rings (SSSR count). The van der Waals surface area contributed by atoms with E-state index in [1.54, 1.807) is 31.2 Å². The third-order valence-electron chi connectivity index (χ3n) is 5.65. The second-order valence-electron chi connectivity index (χ2n) is 8.26. The standard InChI is InChI=1S/C26H23N5O5S/c1-16-15-23(30-36-16)31-37(34,35)18-11-9-17(10-12-18)28-24-19-5-2-3-8-22(19)29-25-20(24)6-4-7-21(25)26(33)27-13-14-32/h2-12,15,32H,13-14H2,1H3,(H,27,33)(H,28,29)(H,30,31). The van der Waals surface area contributed by atoms with Gasteiger partial charge < -0.3 is 20.3 Å². The molecule has 11 heteroatoms. The number of rotatable bonds is 8. The van der Waals surface area contributed by atoms with Gasteiger partial charge >= 0.3 is 0 Å². The fourth-order valence-corrected chi connectivity index (χ4v) is 4.95. The van der Waals surface area contributed by atoms with Crippen molar-refractivity contribution in [1.82, 2.24) is 15.5 Å². The van der Waals surface area contributed by atoms with Crippen LogP contribution in [-0.4, -0.2) is 42.7 Å². The van der Waals surface area contributed by atoms with Crippen molar-refractivity contribution in [2.24, 2.45) is 0 Å². The first-order valence-corrected chi connectivity index (χ1v) is 12.9. The van der Waals surface area contributed by atoms with Crippen LogP contribution < -0.4 is 15.4 Å². The van der Waals surface area contributed by atoms with Gasteiger partial charge in [0.2, 0.25) is 0 Å². The SMILES string of the molecule is Cc1cc(NS(=O)(=O)c2ccc(Nc3c4ccccc4nc4c(C(=O)NCCO)cccc34)cc2)no1. The van der Waals surface area contributed by atoms with Crippen LogP contribution in [0.15, 0.2) is 82.2 Å². The van der Waals surface area contributed by atoms with E-state index in [9.17, 15) is 13.2 Å². The largest absolute Gasteiger partial charge is 0.395 e. The number of anilines is 3. The molecule has 4 N–H and O–H groups in total. The van der Waals surface area contributed by atoms with E-state index in [0.29, 0.717) is 28.0 Å². The number of carbonyl (C=O) groups excluding carboxylic acids is 1. The van der Waals surface area contributed by atoms with Crippen molar-refractivity contribution >= 4 is 54.9 Å². The number of fused-ring (bicyclic) bond motifs is 2. The Morgan fingerprint density at radius 3 is 2.49 bits per heavy atom. The zero-order valence-corrected chi connectivity index (χ0v) is 20.5. The normalized spacial score (nSPS) is 11.5. The number of hydrogen-bond donors (Lipinski definition) is 4. The topological polar surface area (TPSA) is 146 Å². The Balaban J connectivity index is 1.52. The second-order valence-corrected chi connectivity index (χ2v) is 9.95. The number of nitrogens with zero attached hydrogens (tertiary/aromatic N) is 2. The number of amides is 1. The van der Waals surface area contributed by atoms with E-state index in [1.165, 1.54) is 18.2 Å². The molecule has 0 aliphatic heterocycles. The maximum atomic E-state index is 12.7. The van der Waals surface area contributed by atoms with Gasteiger partial charge in [-0.05, 0) is 43.3 Å². The van der Waals surface area contributed by atoms with Gasteiger partial charge in [-0.15, -0.1) is 0 Å². The first-order chi connectivity index (χ1) is 17.9. The maximum Gasteiger partial charge on any atom is 0.263 e. The second kappa shape index (κ2) is 9.88. The highest BCUT2D eigenvalue weighted by atomic mass is 32.2. The molecule has 0 saturated carbocycles. The van der Waals surface area contributed by atoms with Crippen molar-refractivity contribution in [3.8, 4) is 0 Å². The van der Waals surface area contributed by atoms with E-state index in [0.717, 1.165) is 16.5 Å². The molecule has 0 fully saturated rings. The van der Waals surface area contributed by atoms with E-state index < -0.39 is 10.0 Å². The fourth-order valence-electron chi connectivity index (χ4n) is 3.97. The van der Waals surface area contributed by atoms with Gasteiger partial charge in [-0.2, -0.15) is 0 Å². The number of benzene rings is 3. The number of nitrogens with one attached hydrogen (secondary N) is 3. The Morgan fingerprint density at radius 2 is 1.76 bits per heavy atom. The number of aromatic nitrogens is 2. The molecule has 0 saturated heterocycles. The average molecular weight is 518 g/mol. The quantitative estimate of drug-likeness (QED) is 0.226. The Morgan fingerprint density at radius 1 is 1.00 bits per heavy atom. The lowest BCUT2D eigenvalue weighted by atomic mass is 10.0. The Labute approximate surface area is 212 Å². The van der Waals surface area contributed by atoms with Crippen LogP contribution in [0.25, 0.3) is 21.8 Å². The molecule has 0 bridgehead atoms. The van der Waals surface area contributed by atoms with Gasteiger partial charge in [0, 0.05) is 29.1 Å². The molecule has 5 aromatic rings. The van der Waals surface area contributed by atoms with Gasteiger partial charge in [-0.3, -0.25) is 9.52 Å². The van der Waals surface area contributed by atoms with E-state index in [-0.39, 0.29) is 29.8 Å². The van der Waals surface area contributed by atoms with Crippen LogP contribution in [0.5, 0.6) is 0 Å². The molecular formula is C26H23N5O5S. The summed E-state index contributed by atoms with van der Waals surface area (Å²) in [5.41, 5.74) is 2.94. The lowest BCUT2D eigenvalue weighted by Crippen LogP contribution is -2.26. The van der Waals surface area contributed by atoms with E-state index in [4.69, 9.17) is 14.6 Å². The molecule has 2 heterocycles. The number of sulfonamides is 1. The Hall–Kier alpha value is -4.48. The number of hydrogen-bond acceptors (Lipinski definition) is 8. The summed E-state index contributed by atoms with van der Waals surface area (Å²) >= 11 is 0. The van der Waals surface area contributed by atoms with Crippen LogP contribution in [0.1, 0.15) is 16.1 Å². The molecule has 0 radical (unpaired) electrons. The zero-order valence-electron chi connectivity index (χ0n) is 19.7. The zero-order chi connectivity index (χ0) is 26.0. The molecule has 2 aromatic heterocycles. The summed E-state index contributed by atoms with van der Waals surface area (Å²) in [6.07, 6.45) is 0. The number of aryl methyl sites for hydroxylation is 1. The highest BCUT2D eigenvalue weighted by Gasteiger charge is 2.18. The summed E-state index contributed by atoms with van der Waals surface area (Å²) in [7, 11) is -3.85. The third kappa shape index (κ3) is 4.95. The number of carbonyl (C=O) groups is 1. The molecule has 0 spiro atoms. The van der Waals surface area contributed by atoms with Crippen molar-refractivity contribution in [2.45, 2.75) is 11.8 Å². The minimum absolute atomic E-state index is 0.0611. The van der Waals surface area contributed by atoms with Gasteiger partial charge in [0.1, 0.15) is 5.76 Å². The van der Waals surface area contributed by atoms with Crippen LogP contribution in [0.2, 0.25) is 0 Å². The van der Waals surface area contributed by atoms with Gasteiger partial charge in [0.25, 0.3) is 15.9 Å². The van der Waals surface area contributed by atoms with Crippen LogP contribution in [0, 0.1) is 6.92 Å². The van der Waals surface area contributed by atoms with E-state index in [2.05, 4.69) is 20.5 Å². The number of aliphatic hydroxyl groups excluding tert-OH is 1. The number of aliphatic hydroxyl groups is 1. The van der Waals surface area contributed by atoms with Crippen molar-refractivity contribution in [1.29, 1.82) is 0 Å². The van der Waals surface area contributed by atoms with Crippen LogP contribution in [-0.2, 0) is 10.0 Å². The van der Waals surface area contributed by atoms with Crippen LogP contribution >= 0.6 is 0 Å². The molecule has 1 amide bonds. The predicted molar refractivity (Wildman–Crippen MR) is 140 cm³/mol. The van der Waals surface area contributed by atoms with Crippen molar-refractivity contribution < 1.29 is 22.8 Å². The average Bonchev–Trinajstić information content (AvgIpc) is 3.30. The lowest BCUT2D eigenvalue weighted by molar-refractivity contribution is 0.0946. The fraction of sp³-hybridized carbons (Fsp3) is 0.115. The summed E-state index contributed by atoms with van der Waals surface area (Å²) in [5.74, 6) is 0.258. The summed E-state index contributed by atoms with van der Waals surface area (Å²) in [6, 6.07) is 20.6. The molecule has 0 unspecified atom stereocenters. The molecule has 0 aliphatic rings. The van der Waals surface area contributed by atoms with E-state index in [1.807, 2.05) is 30.3 Å². The molecule has 0 atom stereocenters. The van der Waals surface area contributed by atoms with Gasteiger partial charge in [-0.1, -0.05) is 35.5 Å². The third-order valence-corrected chi connectivity index (χ3v) is 7.02. The van der Waals surface area contributed by atoms with Crippen molar-refractivity contribution in [3.63, 3.8) is 0 Å². The summed E-state index contributed by atoms with van der Waals surface area (Å²) < 4.78 is 32.8. The summed E-state index contributed by atoms with van der Waals surface area (Å²) in [5, 5.41) is 20.4. The first kappa shape index (κ1) is 24.2. The molecular weight excluding hydrogens is 494 g/mol. The highest BCUT2D eigenvalue weighted by molar-refractivity contribution is 7.92. The van der Waals surface area contributed by atoms with Gasteiger partial charge in [0.15, 0.2) is 5.82 Å². The summed E-state index contributed by atoms with van der Waals surface area (Å²) in [4.78, 5) is 17.5. The Kier molecular flexibility index (Phi) is 6.47. The molecule has 10 nitrogen and oxygen atoms in total. The van der Waals surface area contributed by atoms with Crippen molar-refractivity contribution in [2.75, 3.05) is 23.2 Å². The van der Waals surface area contributed by atoms with Crippen LogP contribution in [0.4, 0.5) is 17.2 Å². The van der Waals surface area contributed by atoms with Gasteiger partial charge in [0.05, 0.1) is 33.8 Å². The molecule has 0 aliphatic carbocycles. The minimum atomic E-state index is -3.85. The Bertz CT molecular complexity index is 1720. The smallest absolute Gasteiger partial charge is 0.263 e. The lowest BCUT2D eigenvalue weighted by Gasteiger charge is -2.15. The minimum Gasteiger partial charge on any atom is -0.395 e.